The number of aromatic nitrogens is 2. The smallest absolute Gasteiger partial charge is 0.308 e. The van der Waals surface area contributed by atoms with Crippen LogP contribution in [-0.2, 0) is 20.9 Å². The van der Waals surface area contributed by atoms with Gasteiger partial charge in [0.25, 0.3) is 5.56 Å². The lowest BCUT2D eigenvalue weighted by molar-refractivity contribution is -0.146. The maximum absolute atomic E-state index is 12.9. The van der Waals surface area contributed by atoms with Crippen LogP contribution in [0.3, 0.4) is 0 Å². The molecular formula is C20H23N3O5. The molecule has 2 saturated heterocycles. The van der Waals surface area contributed by atoms with Crippen LogP contribution in [0.2, 0.25) is 0 Å². The Labute approximate surface area is 161 Å². The van der Waals surface area contributed by atoms with Crippen molar-refractivity contribution < 1.29 is 19.4 Å². The van der Waals surface area contributed by atoms with Gasteiger partial charge in [-0.25, -0.2) is 4.68 Å². The maximum atomic E-state index is 12.9. The molecule has 1 aromatic carbocycles. The number of carbonyl (C=O) groups excluding carboxylic acids is 1. The van der Waals surface area contributed by atoms with Crippen LogP contribution in [0, 0.1) is 18.3 Å². The number of amides is 1. The quantitative estimate of drug-likeness (QED) is 0.847. The zero-order chi connectivity index (χ0) is 19.9. The molecule has 1 spiro atoms. The first-order valence-corrected chi connectivity index (χ1v) is 9.46. The number of hydrogen-bond donors (Lipinski definition) is 1. The van der Waals surface area contributed by atoms with Crippen LogP contribution in [0.5, 0.6) is 0 Å². The number of carbonyl (C=O) groups is 2. The van der Waals surface area contributed by atoms with Gasteiger partial charge in [-0.3, -0.25) is 14.4 Å². The average molecular weight is 385 g/mol. The highest BCUT2D eigenvalue weighted by Crippen LogP contribution is 2.44. The molecule has 8 nitrogen and oxygen atoms in total. The van der Waals surface area contributed by atoms with Crippen LogP contribution in [0.4, 0.5) is 0 Å². The van der Waals surface area contributed by atoms with Crippen LogP contribution >= 0.6 is 0 Å². The van der Waals surface area contributed by atoms with Gasteiger partial charge in [0.1, 0.15) is 6.54 Å². The summed E-state index contributed by atoms with van der Waals surface area (Å²) in [6.07, 6.45) is 1.25. The van der Waals surface area contributed by atoms with Gasteiger partial charge in [-0.15, -0.1) is 0 Å². The molecule has 1 amide bonds. The van der Waals surface area contributed by atoms with Gasteiger partial charge in [-0.2, -0.15) is 5.10 Å². The van der Waals surface area contributed by atoms with Gasteiger partial charge in [0.05, 0.1) is 17.0 Å². The number of ether oxygens (including phenoxy) is 1. The number of rotatable bonds is 3. The summed E-state index contributed by atoms with van der Waals surface area (Å²) >= 11 is 0. The van der Waals surface area contributed by atoms with Crippen molar-refractivity contribution in [1.29, 1.82) is 0 Å². The van der Waals surface area contributed by atoms with Crippen LogP contribution < -0.4 is 5.56 Å². The molecule has 0 bridgehead atoms. The highest BCUT2D eigenvalue weighted by molar-refractivity contribution is 5.84. The second-order valence-corrected chi connectivity index (χ2v) is 7.73. The fraction of sp³-hybridized carbons (Fsp3) is 0.500. The predicted molar refractivity (Wildman–Crippen MR) is 101 cm³/mol. The van der Waals surface area contributed by atoms with E-state index < -0.39 is 17.3 Å². The SMILES string of the molecule is Cc1nn(CC(=O)N2CC(C(=O)O)C3(CCOCC3)C2)c(=O)c2ccccc12. The highest BCUT2D eigenvalue weighted by atomic mass is 16.5. The van der Waals surface area contributed by atoms with Crippen molar-refractivity contribution >= 4 is 22.6 Å². The second-order valence-electron chi connectivity index (χ2n) is 7.73. The molecular weight excluding hydrogens is 362 g/mol. The van der Waals surface area contributed by atoms with E-state index in [1.165, 1.54) is 4.68 Å². The molecule has 0 aliphatic carbocycles. The number of aliphatic carboxylic acids is 1. The predicted octanol–water partition coefficient (Wildman–Crippen LogP) is 1.04. The lowest BCUT2D eigenvalue weighted by Gasteiger charge is -2.36. The number of hydrogen-bond acceptors (Lipinski definition) is 5. The summed E-state index contributed by atoms with van der Waals surface area (Å²) in [4.78, 5) is 39.0. The Bertz CT molecular complexity index is 993. The number of likely N-dealkylation sites (tertiary alicyclic amines) is 1. The van der Waals surface area contributed by atoms with Crippen molar-refractivity contribution in [3.05, 3.63) is 40.3 Å². The summed E-state index contributed by atoms with van der Waals surface area (Å²) < 4.78 is 6.58. The number of fused-ring (bicyclic) bond motifs is 1. The van der Waals surface area contributed by atoms with E-state index in [2.05, 4.69) is 5.10 Å². The number of nitrogens with zero attached hydrogens (tertiary/aromatic N) is 3. The summed E-state index contributed by atoms with van der Waals surface area (Å²) in [6.45, 7) is 3.18. The molecule has 2 fully saturated rings. The number of carboxylic acid groups (broad SMARTS) is 1. The normalized spacial score (nSPS) is 21.3. The minimum Gasteiger partial charge on any atom is -0.481 e. The lowest BCUT2D eigenvalue weighted by Crippen LogP contribution is -2.40. The Balaban J connectivity index is 1.59. The van der Waals surface area contributed by atoms with Crippen LogP contribution in [0.25, 0.3) is 10.8 Å². The fourth-order valence-corrected chi connectivity index (χ4v) is 4.52. The molecule has 3 heterocycles. The number of aryl methyl sites for hydroxylation is 1. The average Bonchev–Trinajstić information content (AvgIpc) is 3.05. The third kappa shape index (κ3) is 3.07. The lowest BCUT2D eigenvalue weighted by atomic mass is 9.72. The Morgan fingerprint density at radius 3 is 2.61 bits per heavy atom. The Morgan fingerprint density at radius 2 is 1.93 bits per heavy atom. The zero-order valence-corrected chi connectivity index (χ0v) is 15.8. The Morgan fingerprint density at radius 1 is 1.25 bits per heavy atom. The third-order valence-corrected chi connectivity index (χ3v) is 6.12. The highest BCUT2D eigenvalue weighted by Gasteiger charge is 2.51. The molecule has 1 N–H and O–H groups in total. The molecule has 0 radical (unpaired) electrons. The summed E-state index contributed by atoms with van der Waals surface area (Å²) in [6, 6.07) is 7.18. The molecule has 1 aromatic heterocycles. The van der Waals surface area contributed by atoms with E-state index in [1.54, 1.807) is 24.0 Å². The standard InChI is InChI=1S/C20H23N3O5/c1-13-14-4-2-3-5-15(14)18(25)23(21-13)11-17(24)22-10-16(19(26)27)20(12-22)6-8-28-9-7-20/h2-5,16H,6-12H2,1H3,(H,26,27). The second kappa shape index (κ2) is 7.01. The first-order chi connectivity index (χ1) is 13.4. The van der Waals surface area contributed by atoms with Gasteiger partial charge >= 0.3 is 5.97 Å². The van der Waals surface area contributed by atoms with Gasteiger partial charge in [0.2, 0.25) is 5.91 Å². The van der Waals surface area contributed by atoms with E-state index in [-0.39, 0.29) is 24.6 Å². The minimum atomic E-state index is -0.881. The molecule has 8 heteroatoms. The van der Waals surface area contributed by atoms with Crippen LogP contribution in [0.1, 0.15) is 18.5 Å². The Kier molecular flexibility index (Phi) is 4.66. The van der Waals surface area contributed by atoms with Crippen LogP contribution in [-0.4, -0.2) is 58.0 Å². The molecule has 1 unspecified atom stereocenters. The summed E-state index contributed by atoms with van der Waals surface area (Å²) in [5.41, 5.74) is -0.0877. The molecule has 4 rings (SSSR count). The molecule has 0 saturated carbocycles. The van der Waals surface area contributed by atoms with Crippen molar-refractivity contribution in [3.63, 3.8) is 0 Å². The van der Waals surface area contributed by atoms with E-state index in [1.807, 2.05) is 12.1 Å². The molecule has 2 aliphatic rings. The van der Waals surface area contributed by atoms with E-state index in [0.717, 1.165) is 5.39 Å². The van der Waals surface area contributed by atoms with E-state index in [0.29, 0.717) is 43.7 Å². The summed E-state index contributed by atoms with van der Waals surface area (Å²) in [5.74, 6) is -1.77. The number of benzene rings is 1. The van der Waals surface area contributed by atoms with Crippen molar-refractivity contribution in [2.45, 2.75) is 26.3 Å². The fourth-order valence-electron chi connectivity index (χ4n) is 4.52. The van der Waals surface area contributed by atoms with Gasteiger partial charge in [0.15, 0.2) is 0 Å². The topological polar surface area (TPSA) is 102 Å². The molecule has 2 aliphatic heterocycles. The zero-order valence-electron chi connectivity index (χ0n) is 15.8. The van der Waals surface area contributed by atoms with Crippen molar-refractivity contribution in [2.24, 2.45) is 11.3 Å². The molecule has 28 heavy (non-hydrogen) atoms. The third-order valence-electron chi connectivity index (χ3n) is 6.12. The van der Waals surface area contributed by atoms with E-state index in [9.17, 15) is 19.5 Å². The monoisotopic (exact) mass is 385 g/mol. The van der Waals surface area contributed by atoms with Gasteiger partial charge < -0.3 is 14.7 Å². The van der Waals surface area contributed by atoms with Gasteiger partial charge in [0, 0.05) is 37.1 Å². The first-order valence-electron chi connectivity index (χ1n) is 9.46. The Hall–Kier alpha value is -2.74. The van der Waals surface area contributed by atoms with Crippen molar-refractivity contribution in [3.8, 4) is 0 Å². The van der Waals surface area contributed by atoms with Crippen molar-refractivity contribution in [2.75, 3.05) is 26.3 Å². The largest absolute Gasteiger partial charge is 0.481 e. The summed E-state index contributed by atoms with van der Waals surface area (Å²) in [5, 5.41) is 15.3. The minimum absolute atomic E-state index is 0.162. The van der Waals surface area contributed by atoms with E-state index >= 15 is 0 Å². The summed E-state index contributed by atoms with van der Waals surface area (Å²) in [7, 11) is 0. The first kappa shape index (κ1) is 18.6. The van der Waals surface area contributed by atoms with Gasteiger partial charge in [-0.1, -0.05) is 18.2 Å². The van der Waals surface area contributed by atoms with E-state index in [4.69, 9.17) is 4.74 Å². The van der Waals surface area contributed by atoms with Crippen LogP contribution in [0.15, 0.2) is 29.1 Å². The molecule has 1 atom stereocenters. The van der Waals surface area contributed by atoms with Crippen molar-refractivity contribution in [1.82, 2.24) is 14.7 Å². The maximum Gasteiger partial charge on any atom is 0.308 e. The molecule has 2 aromatic rings. The molecule has 148 valence electrons. The number of carboxylic acids is 1. The van der Waals surface area contributed by atoms with Gasteiger partial charge in [-0.05, 0) is 25.8 Å².